The molecule has 0 saturated carbocycles. The number of nitrogen functional groups attached to an aromatic ring is 3. The van der Waals surface area contributed by atoms with Gasteiger partial charge in [0, 0.05) is 5.56 Å². The molecule has 0 radical (unpaired) electrons. The average Bonchev–Trinajstić information content (AvgIpc) is 2.69. The van der Waals surface area contributed by atoms with Crippen LogP contribution in [0.25, 0.3) is 0 Å². The third-order valence-corrected chi connectivity index (χ3v) is 3.97. The second-order valence-electron chi connectivity index (χ2n) is 6.01. The van der Waals surface area contributed by atoms with Crippen molar-refractivity contribution < 1.29 is 37.7 Å². The molecule has 11 heteroatoms. The first-order chi connectivity index (χ1) is 13.9. The second kappa shape index (κ2) is 10.0. The Balaban J connectivity index is 0.000000375. The average molecular weight is 431 g/mol. The fraction of sp³-hybridized carbons (Fsp3) is 0.316. The number of aliphatic hydroxyl groups excluding tert-OH is 1. The van der Waals surface area contributed by atoms with Gasteiger partial charge in [-0.25, -0.2) is 4.79 Å². The van der Waals surface area contributed by atoms with E-state index in [2.05, 4.69) is 4.74 Å². The predicted molar refractivity (Wildman–Crippen MR) is 105 cm³/mol. The molecule has 0 aliphatic rings. The molecule has 0 aliphatic carbocycles. The Morgan fingerprint density at radius 3 is 2.10 bits per heavy atom. The monoisotopic (exact) mass is 431 g/mol. The maximum Gasteiger partial charge on any atom is 0.432 e. The molecule has 8 N–H and O–H groups in total. The van der Waals surface area contributed by atoms with Crippen molar-refractivity contribution in [2.45, 2.75) is 25.3 Å². The number of halogens is 3. The number of carbonyl (C=O) groups excluding carboxylic acids is 1. The summed E-state index contributed by atoms with van der Waals surface area (Å²) in [7, 11) is 1.20. The van der Waals surface area contributed by atoms with Gasteiger partial charge in [-0.15, -0.1) is 0 Å². The summed E-state index contributed by atoms with van der Waals surface area (Å²) in [4.78, 5) is 11.5. The quantitative estimate of drug-likeness (QED) is 0.355. The molecule has 2 aromatic rings. The number of esters is 1. The maximum absolute atomic E-state index is 13.1. The molecule has 0 amide bonds. The smallest absolute Gasteiger partial charge is 0.432 e. The van der Waals surface area contributed by atoms with E-state index in [4.69, 9.17) is 27.0 Å². The summed E-state index contributed by atoms with van der Waals surface area (Å²) in [6, 6.07) is 7.92. The summed E-state index contributed by atoms with van der Waals surface area (Å²) >= 11 is 0. The highest BCUT2D eigenvalue weighted by molar-refractivity contribution is 5.82. The Hall–Kier alpha value is -3.18. The molecular weight excluding hydrogens is 407 g/mol. The number of benzene rings is 2. The lowest BCUT2D eigenvalue weighted by atomic mass is 9.92. The lowest BCUT2D eigenvalue weighted by molar-refractivity contribution is -0.267. The number of aliphatic hydroxyl groups is 2. The number of anilines is 3. The van der Waals surface area contributed by atoms with Crippen molar-refractivity contribution in [1.82, 2.24) is 0 Å². The van der Waals surface area contributed by atoms with Gasteiger partial charge in [-0.3, -0.25) is 0 Å². The van der Waals surface area contributed by atoms with Gasteiger partial charge in [0.2, 0.25) is 0 Å². The van der Waals surface area contributed by atoms with Crippen molar-refractivity contribution in [1.29, 1.82) is 0 Å². The zero-order chi connectivity index (χ0) is 23.1. The van der Waals surface area contributed by atoms with E-state index in [1.807, 2.05) is 0 Å². The molecule has 0 spiro atoms. The molecule has 0 heterocycles. The molecule has 0 bridgehead atoms. The first-order valence-electron chi connectivity index (χ1n) is 8.57. The Bertz CT molecular complexity index is 877. The molecular formula is C19H24F3N3O5. The SMILES string of the molecule is CCOC(=O)C(O)(c1ccc(N)c(OC)c1)C(F)(F)F.Nc1ccc(CO)cc1N. The maximum atomic E-state index is 13.1. The van der Waals surface area contributed by atoms with E-state index in [0.717, 1.165) is 23.8 Å². The van der Waals surface area contributed by atoms with Crippen LogP contribution in [-0.4, -0.2) is 36.1 Å². The van der Waals surface area contributed by atoms with Gasteiger partial charge in [0.15, 0.2) is 0 Å². The lowest BCUT2D eigenvalue weighted by Gasteiger charge is -2.28. The number of alkyl halides is 3. The highest BCUT2D eigenvalue weighted by Crippen LogP contribution is 2.41. The molecule has 2 rings (SSSR count). The zero-order valence-corrected chi connectivity index (χ0v) is 16.4. The molecule has 30 heavy (non-hydrogen) atoms. The topological polar surface area (TPSA) is 154 Å². The van der Waals surface area contributed by atoms with Crippen LogP contribution in [0.4, 0.5) is 30.2 Å². The molecule has 166 valence electrons. The minimum atomic E-state index is -5.25. The number of ether oxygens (including phenoxy) is 2. The normalized spacial score (nSPS) is 12.9. The molecule has 1 atom stereocenters. The summed E-state index contributed by atoms with van der Waals surface area (Å²) in [6.07, 6.45) is -5.25. The number of carbonyl (C=O) groups is 1. The van der Waals surface area contributed by atoms with Crippen LogP contribution in [0.15, 0.2) is 36.4 Å². The van der Waals surface area contributed by atoms with E-state index >= 15 is 0 Å². The summed E-state index contributed by atoms with van der Waals surface area (Å²) < 4.78 is 48.3. The fourth-order valence-corrected chi connectivity index (χ4v) is 2.29. The fourth-order valence-electron chi connectivity index (χ4n) is 2.29. The van der Waals surface area contributed by atoms with Gasteiger partial charge in [0.1, 0.15) is 5.75 Å². The number of hydrogen-bond donors (Lipinski definition) is 5. The highest BCUT2D eigenvalue weighted by Gasteiger charge is 2.62. The zero-order valence-electron chi connectivity index (χ0n) is 16.4. The van der Waals surface area contributed by atoms with Gasteiger partial charge >= 0.3 is 12.1 Å². The van der Waals surface area contributed by atoms with Gasteiger partial charge < -0.3 is 36.9 Å². The number of methoxy groups -OCH3 is 1. The molecule has 0 saturated heterocycles. The van der Waals surface area contributed by atoms with Crippen LogP contribution in [-0.2, 0) is 21.7 Å². The van der Waals surface area contributed by atoms with Crippen molar-refractivity contribution in [2.24, 2.45) is 0 Å². The third-order valence-electron chi connectivity index (χ3n) is 3.97. The molecule has 0 aliphatic heterocycles. The largest absolute Gasteiger partial charge is 0.495 e. The van der Waals surface area contributed by atoms with Gasteiger partial charge in [0.25, 0.3) is 5.60 Å². The molecule has 2 aromatic carbocycles. The van der Waals surface area contributed by atoms with E-state index in [-0.39, 0.29) is 24.7 Å². The Kier molecular flexibility index (Phi) is 8.31. The summed E-state index contributed by atoms with van der Waals surface area (Å²) in [5, 5.41) is 18.5. The predicted octanol–water partition coefficient (Wildman–Crippen LogP) is 1.93. The van der Waals surface area contributed by atoms with Crippen molar-refractivity contribution in [3.8, 4) is 5.75 Å². The van der Waals surface area contributed by atoms with Crippen molar-refractivity contribution in [3.63, 3.8) is 0 Å². The second-order valence-corrected chi connectivity index (χ2v) is 6.01. The highest BCUT2D eigenvalue weighted by atomic mass is 19.4. The van der Waals surface area contributed by atoms with E-state index in [9.17, 15) is 23.1 Å². The van der Waals surface area contributed by atoms with Gasteiger partial charge in [-0.1, -0.05) is 12.1 Å². The van der Waals surface area contributed by atoms with E-state index < -0.39 is 23.3 Å². The van der Waals surface area contributed by atoms with Gasteiger partial charge in [-0.05, 0) is 36.8 Å². The van der Waals surface area contributed by atoms with E-state index in [1.54, 1.807) is 18.2 Å². The summed E-state index contributed by atoms with van der Waals surface area (Å²) in [5.41, 5.74) is 13.8. The van der Waals surface area contributed by atoms with Gasteiger partial charge in [-0.2, -0.15) is 13.2 Å². The van der Waals surface area contributed by atoms with E-state index in [1.165, 1.54) is 14.0 Å². The van der Waals surface area contributed by atoms with Crippen molar-refractivity contribution in [3.05, 3.63) is 47.5 Å². The van der Waals surface area contributed by atoms with E-state index in [0.29, 0.717) is 11.4 Å². The number of hydrogen-bond acceptors (Lipinski definition) is 8. The standard InChI is InChI=1S/C12H14F3NO4.C7H10N2O/c1-3-20-10(17)11(18,12(13,14)15)7-4-5-8(16)9(6-7)19-2;8-6-2-1-5(4-10)3-7(6)9/h4-6,18H,3,16H2,1-2H3;1-3,10H,4,8-9H2. The van der Waals surface area contributed by atoms with Crippen LogP contribution < -0.4 is 21.9 Å². The van der Waals surface area contributed by atoms with Crippen LogP contribution in [0.2, 0.25) is 0 Å². The molecule has 0 fully saturated rings. The van der Waals surface area contributed by atoms with Crippen LogP contribution in [0.5, 0.6) is 5.75 Å². The summed E-state index contributed by atoms with van der Waals surface area (Å²) in [5.74, 6) is -1.89. The molecule has 0 aromatic heterocycles. The Labute approximate surface area is 171 Å². The minimum Gasteiger partial charge on any atom is -0.495 e. The van der Waals surface area contributed by atoms with Crippen LogP contribution in [0, 0.1) is 0 Å². The molecule has 1 unspecified atom stereocenters. The van der Waals surface area contributed by atoms with Crippen LogP contribution >= 0.6 is 0 Å². The van der Waals surface area contributed by atoms with Crippen LogP contribution in [0.1, 0.15) is 18.1 Å². The number of rotatable bonds is 5. The molecule has 8 nitrogen and oxygen atoms in total. The van der Waals surface area contributed by atoms with Gasteiger partial charge in [0.05, 0.1) is 37.4 Å². The number of nitrogens with two attached hydrogens (primary N) is 3. The van der Waals surface area contributed by atoms with Crippen molar-refractivity contribution >= 4 is 23.0 Å². The lowest BCUT2D eigenvalue weighted by Crippen LogP contribution is -2.50. The Morgan fingerprint density at radius 2 is 1.63 bits per heavy atom. The first kappa shape index (κ1) is 24.9. The minimum absolute atomic E-state index is 0.00444. The Morgan fingerprint density at radius 1 is 1.03 bits per heavy atom. The van der Waals surface area contributed by atoms with Crippen LogP contribution in [0.3, 0.4) is 0 Å². The third kappa shape index (κ3) is 5.45. The summed E-state index contributed by atoms with van der Waals surface area (Å²) in [6.45, 7) is 1.03. The first-order valence-corrected chi connectivity index (χ1v) is 8.57. The van der Waals surface area contributed by atoms with Crippen molar-refractivity contribution in [2.75, 3.05) is 30.9 Å².